The number of aryl methyl sites for hydroxylation is 2. The first kappa shape index (κ1) is 25.6. The van der Waals surface area contributed by atoms with Crippen LogP contribution in [0.25, 0.3) is 0 Å². The third kappa shape index (κ3) is 6.98. The zero-order chi connectivity index (χ0) is 24.6. The molecule has 0 bridgehead atoms. The first-order valence-corrected chi connectivity index (χ1v) is 12.9. The Morgan fingerprint density at radius 2 is 1.62 bits per heavy atom. The highest BCUT2D eigenvalue weighted by Gasteiger charge is 2.27. The fourth-order valence-electron chi connectivity index (χ4n) is 3.39. The summed E-state index contributed by atoms with van der Waals surface area (Å²) in [6.45, 7) is 4.37. The summed E-state index contributed by atoms with van der Waals surface area (Å²) >= 11 is 5.91. The van der Waals surface area contributed by atoms with Crippen molar-refractivity contribution in [1.29, 1.82) is 0 Å². The van der Waals surface area contributed by atoms with Crippen molar-refractivity contribution in [3.05, 3.63) is 88.9 Å². The maximum atomic E-state index is 13.4. The smallest absolute Gasteiger partial charge is 0.264 e. The Labute approximate surface area is 206 Å². The number of rotatable bonds is 11. The van der Waals surface area contributed by atoms with E-state index in [1.165, 1.54) is 0 Å². The predicted octanol–water partition coefficient (Wildman–Crippen LogP) is 4.99. The maximum absolute atomic E-state index is 13.4. The summed E-state index contributed by atoms with van der Waals surface area (Å²) in [4.78, 5) is 12.9. The molecule has 0 aromatic heterocycles. The lowest BCUT2D eigenvalue weighted by Gasteiger charge is -2.24. The van der Waals surface area contributed by atoms with E-state index >= 15 is 0 Å². The Morgan fingerprint density at radius 3 is 2.24 bits per heavy atom. The molecule has 0 aliphatic rings. The fraction of sp³-hybridized carbons (Fsp3) is 0.269. The van der Waals surface area contributed by atoms with Crippen molar-refractivity contribution in [2.24, 2.45) is 0 Å². The summed E-state index contributed by atoms with van der Waals surface area (Å²) < 4.78 is 33.5. The highest BCUT2D eigenvalue weighted by atomic mass is 35.5. The normalized spacial score (nSPS) is 11.1. The van der Waals surface area contributed by atoms with Crippen molar-refractivity contribution in [2.45, 2.75) is 31.6 Å². The monoisotopic (exact) mass is 500 g/mol. The molecule has 0 fully saturated rings. The molecule has 0 saturated carbocycles. The number of hydrogen-bond acceptors (Lipinski definition) is 4. The standard InChI is InChI=1S/C26H29ClN2O4S/c1-3-33-24-14-12-23(13-15-24)29(34(31,32)25-16-6-20(2)7-17-25)19-26(30)28-18-4-5-21-8-10-22(27)11-9-21/h6-17H,3-5,18-19H2,1-2H3,(H,28,30). The summed E-state index contributed by atoms with van der Waals surface area (Å²) in [6, 6.07) is 20.8. The van der Waals surface area contributed by atoms with Crippen LogP contribution in [0, 0.1) is 6.92 Å². The van der Waals surface area contributed by atoms with E-state index in [2.05, 4.69) is 5.32 Å². The van der Waals surface area contributed by atoms with Gasteiger partial charge in [0.25, 0.3) is 10.0 Å². The van der Waals surface area contributed by atoms with Gasteiger partial charge in [0.05, 0.1) is 17.2 Å². The Balaban J connectivity index is 1.71. The number of nitrogens with one attached hydrogen (secondary N) is 1. The average molecular weight is 501 g/mol. The summed E-state index contributed by atoms with van der Waals surface area (Å²) in [5.41, 5.74) is 2.46. The molecule has 0 aliphatic carbocycles. The summed E-state index contributed by atoms with van der Waals surface area (Å²) in [7, 11) is -3.95. The lowest BCUT2D eigenvalue weighted by Crippen LogP contribution is -2.41. The number of sulfonamides is 1. The van der Waals surface area contributed by atoms with Crippen molar-refractivity contribution >= 4 is 33.2 Å². The lowest BCUT2D eigenvalue weighted by atomic mass is 10.1. The van der Waals surface area contributed by atoms with Crippen LogP contribution >= 0.6 is 11.6 Å². The first-order chi connectivity index (χ1) is 16.3. The third-order valence-electron chi connectivity index (χ3n) is 5.21. The molecule has 34 heavy (non-hydrogen) atoms. The number of benzene rings is 3. The largest absolute Gasteiger partial charge is 0.494 e. The van der Waals surface area contributed by atoms with Crippen LogP contribution in [-0.4, -0.2) is 34.0 Å². The SMILES string of the molecule is CCOc1ccc(N(CC(=O)NCCCc2ccc(Cl)cc2)S(=O)(=O)c2ccc(C)cc2)cc1. The Bertz CT molecular complexity index is 1180. The zero-order valence-electron chi connectivity index (χ0n) is 19.3. The molecular weight excluding hydrogens is 472 g/mol. The average Bonchev–Trinajstić information content (AvgIpc) is 2.82. The minimum atomic E-state index is -3.95. The first-order valence-electron chi connectivity index (χ1n) is 11.1. The summed E-state index contributed by atoms with van der Waals surface area (Å²) in [5.74, 6) is 0.256. The maximum Gasteiger partial charge on any atom is 0.264 e. The van der Waals surface area contributed by atoms with Gasteiger partial charge < -0.3 is 10.1 Å². The van der Waals surface area contributed by atoms with Crippen LogP contribution in [0.4, 0.5) is 5.69 Å². The van der Waals surface area contributed by atoms with Crippen molar-refractivity contribution in [2.75, 3.05) is 24.0 Å². The number of carbonyl (C=O) groups is 1. The molecule has 3 rings (SSSR count). The van der Waals surface area contributed by atoms with E-state index in [0.29, 0.717) is 29.6 Å². The van der Waals surface area contributed by atoms with Crippen LogP contribution in [0.15, 0.2) is 77.7 Å². The number of anilines is 1. The van der Waals surface area contributed by atoms with Crippen LogP contribution in [0.5, 0.6) is 5.75 Å². The molecule has 0 heterocycles. The van der Waals surface area contributed by atoms with Crippen LogP contribution in [0.3, 0.4) is 0 Å². The topological polar surface area (TPSA) is 75.7 Å². The van der Waals surface area contributed by atoms with Crippen molar-refractivity contribution < 1.29 is 17.9 Å². The number of ether oxygens (including phenoxy) is 1. The molecule has 3 aromatic rings. The molecule has 1 amide bonds. The molecule has 0 radical (unpaired) electrons. The van der Waals surface area contributed by atoms with E-state index in [1.54, 1.807) is 48.5 Å². The number of halogens is 1. The Hall–Kier alpha value is -3.03. The van der Waals surface area contributed by atoms with Crippen molar-refractivity contribution in [3.63, 3.8) is 0 Å². The van der Waals surface area contributed by atoms with E-state index in [1.807, 2.05) is 38.1 Å². The van der Waals surface area contributed by atoms with Gasteiger partial charge in [0.15, 0.2) is 0 Å². The minimum Gasteiger partial charge on any atom is -0.494 e. The van der Waals surface area contributed by atoms with Crippen molar-refractivity contribution in [3.8, 4) is 5.75 Å². The molecule has 0 aliphatic heterocycles. The van der Waals surface area contributed by atoms with E-state index in [4.69, 9.17) is 16.3 Å². The second kappa shape index (κ2) is 11.9. The minimum absolute atomic E-state index is 0.127. The van der Waals surface area contributed by atoms with Crippen molar-refractivity contribution in [1.82, 2.24) is 5.32 Å². The van der Waals surface area contributed by atoms with Gasteiger partial charge in [-0.25, -0.2) is 8.42 Å². The second-order valence-electron chi connectivity index (χ2n) is 7.83. The summed E-state index contributed by atoms with van der Waals surface area (Å²) in [5, 5.41) is 3.51. The van der Waals surface area contributed by atoms with Gasteiger partial charge in [0.2, 0.25) is 5.91 Å². The quantitative estimate of drug-likeness (QED) is 0.376. The molecule has 3 aromatic carbocycles. The molecule has 0 spiro atoms. The van der Waals surface area contributed by atoms with Gasteiger partial charge >= 0.3 is 0 Å². The molecule has 1 N–H and O–H groups in total. The van der Waals surface area contributed by atoms with Gasteiger partial charge in [-0.15, -0.1) is 0 Å². The Morgan fingerprint density at radius 1 is 0.971 bits per heavy atom. The summed E-state index contributed by atoms with van der Waals surface area (Å²) in [6.07, 6.45) is 1.50. The van der Waals surface area contributed by atoms with Gasteiger partial charge in [-0.2, -0.15) is 0 Å². The Kier molecular flexibility index (Phi) is 8.96. The second-order valence-corrected chi connectivity index (χ2v) is 10.1. The number of hydrogen-bond donors (Lipinski definition) is 1. The number of amides is 1. The predicted molar refractivity (Wildman–Crippen MR) is 136 cm³/mol. The van der Waals surface area contributed by atoms with Crippen LogP contribution in [-0.2, 0) is 21.2 Å². The van der Waals surface area contributed by atoms with Crippen LogP contribution in [0.2, 0.25) is 5.02 Å². The highest BCUT2D eigenvalue weighted by Crippen LogP contribution is 2.26. The number of carbonyl (C=O) groups excluding carboxylic acids is 1. The highest BCUT2D eigenvalue weighted by molar-refractivity contribution is 7.92. The molecule has 6 nitrogen and oxygen atoms in total. The van der Waals surface area contributed by atoms with Crippen LogP contribution < -0.4 is 14.4 Å². The van der Waals surface area contributed by atoms with Gasteiger partial charge in [-0.1, -0.05) is 41.4 Å². The van der Waals surface area contributed by atoms with E-state index in [0.717, 1.165) is 28.3 Å². The van der Waals surface area contributed by atoms with E-state index in [9.17, 15) is 13.2 Å². The van der Waals surface area contributed by atoms with Gasteiger partial charge in [0.1, 0.15) is 12.3 Å². The molecule has 180 valence electrons. The molecule has 0 unspecified atom stereocenters. The van der Waals surface area contributed by atoms with Crippen LogP contribution in [0.1, 0.15) is 24.5 Å². The fourth-order valence-corrected chi connectivity index (χ4v) is 4.93. The van der Waals surface area contributed by atoms with Gasteiger partial charge in [0, 0.05) is 11.6 Å². The molecular formula is C26H29ClN2O4S. The van der Waals surface area contributed by atoms with E-state index in [-0.39, 0.29) is 17.3 Å². The molecule has 0 saturated heterocycles. The van der Waals surface area contributed by atoms with Gasteiger partial charge in [-0.05, 0) is 80.8 Å². The number of nitrogens with zero attached hydrogens (tertiary/aromatic N) is 1. The molecule has 8 heteroatoms. The molecule has 0 atom stereocenters. The van der Waals surface area contributed by atoms with E-state index < -0.39 is 10.0 Å². The third-order valence-corrected chi connectivity index (χ3v) is 7.25. The zero-order valence-corrected chi connectivity index (χ0v) is 20.9. The van der Waals surface area contributed by atoms with Gasteiger partial charge in [-0.3, -0.25) is 9.10 Å². The lowest BCUT2D eigenvalue weighted by molar-refractivity contribution is -0.119.